The Morgan fingerprint density at radius 2 is 1.69 bits per heavy atom. The molecular formula is C20H32N4O4S. The third-order valence-electron chi connectivity index (χ3n) is 4.44. The first-order valence-corrected chi connectivity index (χ1v) is 11.1. The Balaban J connectivity index is 2.71. The summed E-state index contributed by atoms with van der Waals surface area (Å²) in [6.45, 7) is 0.464. The van der Waals surface area contributed by atoms with Gasteiger partial charge in [-0.1, -0.05) is 30.3 Å². The molecule has 0 radical (unpaired) electrons. The summed E-state index contributed by atoms with van der Waals surface area (Å²) in [7, 11) is 0. The van der Waals surface area contributed by atoms with Crippen molar-refractivity contribution in [3.63, 3.8) is 0 Å². The monoisotopic (exact) mass is 424 g/mol. The molecule has 0 aliphatic rings. The second kappa shape index (κ2) is 14.0. The zero-order valence-electron chi connectivity index (χ0n) is 16.8. The zero-order valence-corrected chi connectivity index (χ0v) is 17.6. The van der Waals surface area contributed by atoms with Gasteiger partial charge in [-0.15, -0.1) is 0 Å². The summed E-state index contributed by atoms with van der Waals surface area (Å²) in [5.41, 5.74) is 12.4. The highest BCUT2D eigenvalue weighted by molar-refractivity contribution is 7.98. The van der Waals surface area contributed by atoms with Crippen LogP contribution in [0.4, 0.5) is 0 Å². The van der Waals surface area contributed by atoms with Crippen molar-refractivity contribution in [1.29, 1.82) is 0 Å². The molecule has 9 heteroatoms. The summed E-state index contributed by atoms with van der Waals surface area (Å²) in [4.78, 5) is 36.6. The van der Waals surface area contributed by atoms with E-state index in [2.05, 4.69) is 10.6 Å². The second-order valence-electron chi connectivity index (χ2n) is 6.82. The largest absolute Gasteiger partial charge is 0.480 e. The molecule has 8 nitrogen and oxygen atoms in total. The van der Waals surface area contributed by atoms with Crippen LogP contribution in [0, 0.1) is 0 Å². The van der Waals surface area contributed by atoms with Crippen LogP contribution in [0.1, 0.15) is 31.2 Å². The Morgan fingerprint density at radius 3 is 2.28 bits per heavy atom. The van der Waals surface area contributed by atoms with Gasteiger partial charge in [0.2, 0.25) is 11.8 Å². The van der Waals surface area contributed by atoms with Gasteiger partial charge in [-0.2, -0.15) is 11.8 Å². The number of hydrogen-bond acceptors (Lipinski definition) is 6. The normalized spacial score (nSPS) is 13.9. The van der Waals surface area contributed by atoms with E-state index in [0.29, 0.717) is 38.0 Å². The molecule has 1 aromatic carbocycles. The number of thioether (sulfide) groups is 1. The second-order valence-corrected chi connectivity index (χ2v) is 7.81. The number of unbranched alkanes of at least 4 members (excludes halogenated alkanes) is 1. The summed E-state index contributed by atoms with van der Waals surface area (Å²) >= 11 is 1.53. The summed E-state index contributed by atoms with van der Waals surface area (Å²) in [5.74, 6) is -1.42. The lowest BCUT2D eigenvalue weighted by molar-refractivity contribution is -0.142. The van der Waals surface area contributed by atoms with Crippen LogP contribution in [0.3, 0.4) is 0 Å². The molecule has 2 amide bonds. The molecule has 0 aliphatic carbocycles. The van der Waals surface area contributed by atoms with E-state index in [1.54, 1.807) is 0 Å². The number of carboxylic acids is 1. The molecule has 0 unspecified atom stereocenters. The van der Waals surface area contributed by atoms with E-state index < -0.39 is 35.9 Å². The SMILES string of the molecule is CSCC[C@H](NC(=O)[C@@H](N)Cc1ccccc1)C(=O)N[C@@H](CCCCN)C(=O)O. The number of hydrogen-bond donors (Lipinski definition) is 5. The van der Waals surface area contributed by atoms with Crippen LogP contribution in [-0.4, -0.2) is 59.6 Å². The molecule has 0 aliphatic heterocycles. The van der Waals surface area contributed by atoms with Crippen LogP contribution in [0.25, 0.3) is 0 Å². The fraction of sp³-hybridized carbons (Fsp3) is 0.550. The lowest BCUT2D eigenvalue weighted by atomic mass is 10.0. The molecule has 7 N–H and O–H groups in total. The van der Waals surface area contributed by atoms with Crippen molar-refractivity contribution in [3.05, 3.63) is 35.9 Å². The average molecular weight is 425 g/mol. The highest BCUT2D eigenvalue weighted by atomic mass is 32.2. The van der Waals surface area contributed by atoms with Gasteiger partial charge in [-0.25, -0.2) is 4.79 Å². The van der Waals surface area contributed by atoms with E-state index in [1.165, 1.54) is 11.8 Å². The van der Waals surface area contributed by atoms with E-state index in [4.69, 9.17) is 11.5 Å². The van der Waals surface area contributed by atoms with E-state index in [9.17, 15) is 19.5 Å². The van der Waals surface area contributed by atoms with Gasteiger partial charge in [-0.05, 0) is 56.2 Å². The third kappa shape index (κ3) is 9.78. The number of carbonyl (C=O) groups is 3. The van der Waals surface area contributed by atoms with E-state index in [0.717, 1.165) is 5.56 Å². The van der Waals surface area contributed by atoms with Crippen molar-refractivity contribution in [1.82, 2.24) is 10.6 Å². The number of nitrogens with two attached hydrogens (primary N) is 2. The van der Waals surface area contributed by atoms with E-state index in [-0.39, 0.29) is 6.42 Å². The summed E-state index contributed by atoms with van der Waals surface area (Å²) in [5, 5.41) is 14.6. The van der Waals surface area contributed by atoms with Crippen molar-refractivity contribution < 1.29 is 19.5 Å². The molecule has 0 fully saturated rings. The van der Waals surface area contributed by atoms with Gasteiger partial charge >= 0.3 is 5.97 Å². The number of aliphatic carboxylic acids is 1. The van der Waals surface area contributed by atoms with Crippen LogP contribution in [0.15, 0.2) is 30.3 Å². The average Bonchev–Trinajstić information content (AvgIpc) is 2.70. The fourth-order valence-corrected chi connectivity index (χ4v) is 3.24. The summed E-state index contributed by atoms with van der Waals surface area (Å²) in [6.07, 6.45) is 4.18. The Labute approximate surface area is 176 Å². The minimum atomic E-state index is -1.11. The van der Waals surface area contributed by atoms with Crippen LogP contribution in [0.5, 0.6) is 0 Å². The topological polar surface area (TPSA) is 148 Å². The highest BCUT2D eigenvalue weighted by Gasteiger charge is 2.27. The molecule has 1 rings (SSSR count). The Bertz CT molecular complexity index is 645. The smallest absolute Gasteiger partial charge is 0.326 e. The molecule has 0 saturated heterocycles. The van der Waals surface area contributed by atoms with Crippen LogP contribution in [-0.2, 0) is 20.8 Å². The van der Waals surface area contributed by atoms with Crippen molar-refractivity contribution in [2.75, 3.05) is 18.6 Å². The van der Waals surface area contributed by atoms with Crippen molar-refractivity contribution in [2.45, 2.75) is 50.2 Å². The summed E-state index contributed by atoms with van der Waals surface area (Å²) < 4.78 is 0. The summed E-state index contributed by atoms with van der Waals surface area (Å²) in [6, 6.07) is 6.71. The van der Waals surface area contributed by atoms with Gasteiger partial charge < -0.3 is 27.2 Å². The number of nitrogens with one attached hydrogen (secondary N) is 2. The van der Waals surface area contributed by atoms with Gasteiger partial charge in [0, 0.05) is 0 Å². The predicted octanol–water partition coefficient (Wildman–Crippen LogP) is 0.493. The molecule has 162 valence electrons. The standard InChI is InChI=1S/C20H32N4O4S/c1-29-12-10-16(19(26)24-17(20(27)28)9-5-6-11-21)23-18(25)15(22)13-14-7-3-2-4-8-14/h2-4,7-8,15-17H,5-6,9-13,21-22H2,1H3,(H,23,25)(H,24,26)(H,27,28)/t15-,16-,17-/m0/s1. The van der Waals surface area contributed by atoms with Gasteiger partial charge in [0.05, 0.1) is 6.04 Å². The Hall–Kier alpha value is -2.10. The Morgan fingerprint density at radius 1 is 1.03 bits per heavy atom. The molecule has 0 aromatic heterocycles. The molecule has 0 spiro atoms. The minimum absolute atomic E-state index is 0.287. The van der Waals surface area contributed by atoms with Crippen molar-refractivity contribution >= 4 is 29.5 Å². The number of carbonyl (C=O) groups excluding carboxylic acids is 2. The number of rotatable bonds is 14. The minimum Gasteiger partial charge on any atom is -0.480 e. The molecule has 0 saturated carbocycles. The van der Waals surface area contributed by atoms with Crippen LogP contribution >= 0.6 is 11.8 Å². The molecule has 3 atom stereocenters. The number of benzene rings is 1. The number of carboxylic acid groups (broad SMARTS) is 1. The lowest BCUT2D eigenvalue weighted by Gasteiger charge is -2.23. The predicted molar refractivity (Wildman–Crippen MR) is 116 cm³/mol. The quantitative estimate of drug-likeness (QED) is 0.273. The van der Waals surface area contributed by atoms with Crippen molar-refractivity contribution in [2.24, 2.45) is 11.5 Å². The first kappa shape index (κ1) is 24.9. The van der Waals surface area contributed by atoms with Gasteiger partial charge in [0.25, 0.3) is 0 Å². The van der Waals surface area contributed by atoms with Crippen LogP contribution in [0.2, 0.25) is 0 Å². The Kier molecular flexibility index (Phi) is 12.0. The molecule has 1 aromatic rings. The zero-order chi connectivity index (χ0) is 21.6. The number of amides is 2. The molecule has 0 heterocycles. The first-order chi connectivity index (χ1) is 13.9. The van der Waals surface area contributed by atoms with Crippen LogP contribution < -0.4 is 22.1 Å². The maximum Gasteiger partial charge on any atom is 0.326 e. The fourth-order valence-electron chi connectivity index (χ4n) is 2.77. The lowest BCUT2D eigenvalue weighted by Crippen LogP contribution is -2.55. The first-order valence-electron chi connectivity index (χ1n) is 9.71. The van der Waals surface area contributed by atoms with Crippen molar-refractivity contribution in [3.8, 4) is 0 Å². The molecule has 29 heavy (non-hydrogen) atoms. The maximum absolute atomic E-state index is 12.6. The molecule has 0 bridgehead atoms. The third-order valence-corrected chi connectivity index (χ3v) is 5.08. The van der Waals surface area contributed by atoms with E-state index >= 15 is 0 Å². The highest BCUT2D eigenvalue weighted by Crippen LogP contribution is 2.07. The van der Waals surface area contributed by atoms with Gasteiger partial charge in [0.1, 0.15) is 12.1 Å². The van der Waals surface area contributed by atoms with Gasteiger partial charge in [-0.3, -0.25) is 9.59 Å². The van der Waals surface area contributed by atoms with E-state index in [1.807, 2.05) is 36.6 Å². The maximum atomic E-state index is 12.6. The van der Waals surface area contributed by atoms with Gasteiger partial charge in [0.15, 0.2) is 0 Å². The molecular weight excluding hydrogens is 392 g/mol.